The van der Waals surface area contributed by atoms with Crippen molar-refractivity contribution in [1.29, 1.82) is 0 Å². The maximum Gasteiger partial charge on any atom is 0.339 e. The van der Waals surface area contributed by atoms with Crippen LogP contribution in [0.2, 0.25) is 0 Å². The molecule has 6 bridgehead atoms. The number of rotatable bonds is 3. The van der Waals surface area contributed by atoms with Gasteiger partial charge in [-0.05, 0) is 90.0 Å². The van der Waals surface area contributed by atoms with Crippen molar-refractivity contribution < 1.29 is 14.6 Å². The molecule has 2 N–H and O–H groups in total. The molecule has 0 amide bonds. The molecular formula is C25H26N2O3S. The zero-order valence-corrected chi connectivity index (χ0v) is 18.2. The molecule has 6 heteroatoms. The van der Waals surface area contributed by atoms with Gasteiger partial charge in [0.05, 0.1) is 10.4 Å². The molecule has 2 aliphatic heterocycles. The fraction of sp³-hybridized carbons (Fsp3) is 0.440. The van der Waals surface area contributed by atoms with Crippen molar-refractivity contribution in [2.75, 3.05) is 11.9 Å². The molecule has 6 aliphatic rings. The first-order valence-electron chi connectivity index (χ1n) is 11.3. The molecule has 31 heavy (non-hydrogen) atoms. The molecule has 160 valence electrons. The van der Waals surface area contributed by atoms with E-state index in [-0.39, 0.29) is 12.1 Å². The fourth-order valence-corrected chi connectivity index (χ4v) is 6.89. The lowest BCUT2D eigenvalue weighted by molar-refractivity contribution is 0.0344. The summed E-state index contributed by atoms with van der Waals surface area (Å²) in [7, 11) is 0. The summed E-state index contributed by atoms with van der Waals surface area (Å²) in [5.74, 6) is -0.139. The van der Waals surface area contributed by atoms with E-state index in [2.05, 4.69) is 28.5 Å². The van der Waals surface area contributed by atoms with Crippen LogP contribution < -0.4 is 15.8 Å². The molecule has 3 atom stereocenters. The molecule has 1 saturated heterocycles. The van der Waals surface area contributed by atoms with Crippen LogP contribution in [0.15, 0.2) is 17.1 Å². The van der Waals surface area contributed by atoms with Crippen molar-refractivity contribution in [1.82, 2.24) is 0 Å². The molecule has 5 nitrogen and oxygen atoms in total. The van der Waals surface area contributed by atoms with Crippen LogP contribution in [0, 0.1) is 5.92 Å². The number of aliphatic imine (C=N–C) groups is 1. The Bertz CT molecular complexity index is 1210. The lowest BCUT2D eigenvalue weighted by Crippen LogP contribution is -2.27. The third kappa shape index (κ3) is 3.42. The molecule has 1 aromatic carbocycles. The van der Waals surface area contributed by atoms with E-state index >= 15 is 0 Å². The van der Waals surface area contributed by atoms with Crippen LogP contribution >= 0.6 is 11.3 Å². The molecular weight excluding hydrogens is 408 g/mol. The second-order valence-electron chi connectivity index (χ2n) is 9.19. The standard InChI is InChI=1S/C25H26N2O3S/c28-25(29)23-22-18-8-14-4-5-15-9-17(10-18)19(11-16(15)7-14)12-26-13-20(22)31-24(23)27-21-3-1-2-6-30-21/h5,9,11-14,18,21,27H,1-4,6-8,10H2,(H,28,29)/b19-12-,26-13+. The maximum absolute atomic E-state index is 12.5. The predicted molar refractivity (Wildman–Crippen MR) is 124 cm³/mol. The summed E-state index contributed by atoms with van der Waals surface area (Å²) in [6, 6.07) is 4.62. The van der Waals surface area contributed by atoms with Crippen LogP contribution in [-0.2, 0) is 17.6 Å². The van der Waals surface area contributed by atoms with E-state index in [4.69, 9.17) is 4.74 Å². The maximum atomic E-state index is 12.5. The molecule has 3 unspecified atom stereocenters. The average molecular weight is 435 g/mol. The Morgan fingerprint density at radius 3 is 2.90 bits per heavy atom. The highest BCUT2D eigenvalue weighted by Gasteiger charge is 2.33. The van der Waals surface area contributed by atoms with Gasteiger partial charge in [0.2, 0.25) is 0 Å². The number of thiophene rings is 1. The van der Waals surface area contributed by atoms with Crippen LogP contribution in [0.25, 0.3) is 12.3 Å². The Hall–Kier alpha value is -2.44. The van der Waals surface area contributed by atoms with Crippen LogP contribution in [0.5, 0.6) is 0 Å². The number of anilines is 1. The zero-order valence-electron chi connectivity index (χ0n) is 17.4. The third-order valence-electron chi connectivity index (χ3n) is 7.14. The number of ether oxygens (including phenoxy) is 1. The fourth-order valence-electron chi connectivity index (χ4n) is 5.69. The van der Waals surface area contributed by atoms with Crippen LogP contribution in [-0.4, -0.2) is 30.1 Å². The van der Waals surface area contributed by atoms with E-state index in [1.54, 1.807) is 0 Å². The number of aromatic carboxylic acids is 1. The highest BCUT2D eigenvalue weighted by Crippen LogP contribution is 2.43. The Kier molecular flexibility index (Phi) is 4.73. The number of carboxylic acids is 1. The number of fused-ring (bicyclic) bond motifs is 2. The quantitative estimate of drug-likeness (QED) is 0.774. The van der Waals surface area contributed by atoms with Gasteiger partial charge in [0.25, 0.3) is 0 Å². The summed E-state index contributed by atoms with van der Waals surface area (Å²) < 4.78 is 5.85. The van der Waals surface area contributed by atoms with Gasteiger partial charge in [-0.1, -0.05) is 12.1 Å². The summed E-state index contributed by atoms with van der Waals surface area (Å²) in [6.45, 7) is 0.726. The van der Waals surface area contributed by atoms with Crippen LogP contribution in [0.3, 0.4) is 0 Å². The normalized spacial score (nSPS) is 28.0. The first kappa shape index (κ1) is 19.3. The summed E-state index contributed by atoms with van der Waals surface area (Å²) in [5, 5.41) is 16.9. The molecule has 2 aromatic rings. The summed E-state index contributed by atoms with van der Waals surface area (Å²) in [5.41, 5.74) is 4.06. The van der Waals surface area contributed by atoms with Crippen molar-refractivity contribution in [3.05, 3.63) is 49.7 Å². The van der Waals surface area contributed by atoms with Gasteiger partial charge in [-0.3, -0.25) is 4.99 Å². The number of nitrogens with one attached hydrogen (secondary N) is 1. The van der Waals surface area contributed by atoms with Gasteiger partial charge in [0.1, 0.15) is 11.2 Å². The Balaban J connectivity index is 1.50. The minimum Gasteiger partial charge on any atom is -0.478 e. The number of carboxylic acid groups (broad SMARTS) is 1. The van der Waals surface area contributed by atoms with Gasteiger partial charge in [-0.15, -0.1) is 11.3 Å². The van der Waals surface area contributed by atoms with E-state index in [0.717, 1.165) is 62.0 Å². The predicted octanol–water partition coefficient (Wildman–Crippen LogP) is 3.63. The topological polar surface area (TPSA) is 70.9 Å². The Labute approximate surface area is 185 Å². The van der Waals surface area contributed by atoms with Gasteiger partial charge in [0, 0.05) is 19.0 Å². The Morgan fingerprint density at radius 2 is 2.06 bits per heavy atom. The number of hydrogen-bond acceptors (Lipinski definition) is 5. The van der Waals surface area contributed by atoms with Crippen LogP contribution in [0.1, 0.15) is 69.9 Å². The number of carbonyl (C=O) groups is 1. The lowest BCUT2D eigenvalue weighted by Gasteiger charge is -2.25. The molecule has 1 aromatic heterocycles. The summed E-state index contributed by atoms with van der Waals surface area (Å²) >= 11 is 1.51. The zero-order chi connectivity index (χ0) is 20.9. The molecule has 4 aliphatic carbocycles. The van der Waals surface area contributed by atoms with E-state index in [1.165, 1.54) is 32.9 Å². The average Bonchev–Trinajstić information content (AvgIpc) is 3.20. The van der Waals surface area contributed by atoms with Gasteiger partial charge in [-0.2, -0.15) is 0 Å². The molecule has 8 rings (SSSR count). The summed E-state index contributed by atoms with van der Waals surface area (Å²) in [4.78, 5) is 18.1. The lowest BCUT2D eigenvalue weighted by atomic mass is 9.80. The van der Waals surface area contributed by atoms with Crippen molar-refractivity contribution in [3.63, 3.8) is 0 Å². The first-order valence-corrected chi connectivity index (χ1v) is 12.1. The van der Waals surface area contributed by atoms with Gasteiger partial charge in [-0.25, -0.2) is 4.79 Å². The second kappa shape index (κ2) is 7.61. The number of nitrogens with zero attached hydrogens (tertiary/aromatic N) is 1. The van der Waals surface area contributed by atoms with Crippen molar-refractivity contribution in [3.8, 4) is 0 Å². The number of hydrogen-bond donors (Lipinski definition) is 2. The highest BCUT2D eigenvalue weighted by atomic mass is 32.1. The smallest absolute Gasteiger partial charge is 0.339 e. The Morgan fingerprint density at radius 1 is 1.19 bits per heavy atom. The highest BCUT2D eigenvalue weighted by molar-refractivity contribution is 7.18. The first-order chi connectivity index (χ1) is 15.2. The third-order valence-corrected chi connectivity index (χ3v) is 8.21. The van der Waals surface area contributed by atoms with Gasteiger partial charge >= 0.3 is 5.97 Å². The van der Waals surface area contributed by atoms with Crippen molar-refractivity contribution in [2.45, 2.75) is 57.1 Å². The molecule has 1 fully saturated rings. The molecule has 0 radical (unpaired) electrons. The second-order valence-corrected chi connectivity index (χ2v) is 10.2. The van der Waals surface area contributed by atoms with Crippen molar-refractivity contribution >= 4 is 40.8 Å². The number of benzene rings is 1. The van der Waals surface area contributed by atoms with Gasteiger partial charge < -0.3 is 15.2 Å². The van der Waals surface area contributed by atoms with Crippen LogP contribution in [0.4, 0.5) is 5.00 Å². The largest absolute Gasteiger partial charge is 0.478 e. The SMILES string of the molecule is O=C(O)c1c(NC2CCCCO2)sc2c1C1Cc3cc4c(c/c3=C/N=C/2)CC(CC=4)C1. The van der Waals surface area contributed by atoms with Gasteiger partial charge in [0.15, 0.2) is 0 Å². The van der Waals surface area contributed by atoms with E-state index in [1.807, 2.05) is 12.4 Å². The molecule has 0 saturated carbocycles. The minimum atomic E-state index is -0.860. The summed E-state index contributed by atoms with van der Waals surface area (Å²) in [6.07, 6.45) is 13.1. The minimum absolute atomic E-state index is 0.117. The molecule has 3 heterocycles. The molecule has 0 spiro atoms. The van der Waals surface area contributed by atoms with E-state index < -0.39 is 5.97 Å². The monoisotopic (exact) mass is 434 g/mol. The van der Waals surface area contributed by atoms with Crippen molar-refractivity contribution in [2.24, 2.45) is 10.9 Å². The van der Waals surface area contributed by atoms with E-state index in [0.29, 0.717) is 16.5 Å². The van der Waals surface area contributed by atoms with E-state index in [9.17, 15) is 9.90 Å².